The predicted molar refractivity (Wildman–Crippen MR) is 105 cm³/mol. The van der Waals surface area contributed by atoms with E-state index in [1.807, 2.05) is 0 Å². The van der Waals surface area contributed by atoms with Crippen LogP contribution >= 0.6 is 0 Å². The zero-order chi connectivity index (χ0) is 18.9. The zero-order valence-corrected chi connectivity index (χ0v) is 16.3. The molecule has 0 aromatic heterocycles. The first-order chi connectivity index (χ1) is 13.2. The number of fused-ring (bicyclic) bond motifs is 1. The number of carboxylic acids is 1. The van der Waals surface area contributed by atoms with E-state index in [-0.39, 0.29) is 6.42 Å². The normalized spacial score (nSPS) is 18.7. The first-order valence-electron chi connectivity index (χ1n) is 10.5. The van der Waals surface area contributed by atoms with Crippen LogP contribution in [0.25, 0.3) is 0 Å². The lowest BCUT2D eigenvalue weighted by molar-refractivity contribution is -0.137. The number of ether oxygens (including phenoxy) is 2. The van der Waals surface area contributed by atoms with Crippen LogP contribution < -0.4 is 4.74 Å². The minimum absolute atomic E-state index is 0.255. The Morgan fingerprint density at radius 2 is 2.00 bits per heavy atom. The Morgan fingerprint density at radius 1 is 1.19 bits per heavy atom. The number of rotatable bonds is 9. The van der Waals surface area contributed by atoms with Gasteiger partial charge in [-0.2, -0.15) is 0 Å². The molecule has 1 aromatic carbocycles. The zero-order valence-electron chi connectivity index (χ0n) is 16.3. The highest BCUT2D eigenvalue weighted by atomic mass is 16.5. The van der Waals surface area contributed by atoms with Crippen molar-refractivity contribution in [3.8, 4) is 5.75 Å². The Balaban J connectivity index is 1.46. The molecule has 5 heteroatoms. The van der Waals surface area contributed by atoms with Gasteiger partial charge in [0.2, 0.25) is 0 Å². The molecule has 1 fully saturated rings. The molecular weight excluding hydrogens is 342 g/mol. The van der Waals surface area contributed by atoms with Crippen molar-refractivity contribution in [3.63, 3.8) is 0 Å². The summed E-state index contributed by atoms with van der Waals surface area (Å²) in [5, 5.41) is 8.82. The average Bonchev–Trinajstić information content (AvgIpc) is 2.89. The van der Waals surface area contributed by atoms with Gasteiger partial charge < -0.3 is 19.5 Å². The first kappa shape index (κ1) is 20.2. The Bertz CT molecular complexity index is 598. The van der Waals surface area contributed by atoms with E-state index in [4.69, 9.17) is 14.6 Å². The smallest absolute Gasteiger partial charge is 0.303 e. The third kappa shape index (κ3) is 6.51. The maximum absolute atomic E-state index is 10.7. The summed E-state index contributed by atoms with van der Waals surface area (Å²) in [6.45, 7) is 5.47. The first-order valence-corrected chi connectivity index (χ1v) is 10.5. The maximum atomic E-state index is 10.7. The van der Waals surface area contributed by atoms with Gasteiger partial charge in [0.05, 0.1) is 6.61 Å². The van der Waals surface area contributed by atoms with Crippen molar-refractivity contribution in [2.24, 2.45) is 5.92 Å². The van der Waals surface area contributed by atoms with Crippen LogP contribution in [0.1, 0.15) is 49.7 Å². The molecule has 5 nitrogen and oxygen atoms in total. The number of hydrogen-bond donors (Lipinski definition) is 1. The lowest BCUT2D eigenvalue weighted by atomic mass is 9.95. The van der Waals surface area contributed by atoms with Gasteiger partial charge in [-0.05, 0) is 74.6 Å². The van der Waals surface area contributed by atoms with Crippen LogP contribution in [0.2, 0.25) is 0 Å². The quantitative estimate of drug-likeness (QED) is 0.669. The molecule has 2 heterocycles. The monoisotopic (exact) mass is 375 g/mol. The van der Waals surface area contributed by atoms with E-state index in [1.54, 1.807) is 0 Å². The summed E-state index contributed by atoms with van der Waals surface area (Å²) in [5.41, 5.74) is 2.74. The average molecular weight is 376 g/mol. The molecule has 1 aromatic rings. The second kappa shape index (κ2) is 10.7. The molecule has 27 heavy (non-hydrogen) atoms. The van der Waals surface area contributed by atoms with E-state index >= 15 is 0 Å². The van der Waals surface area contributed by atoms with Gasteiger partial charge in [0, 0.05) is 32.7 Å². The van der Waals surface area contributed by atoms with Gasteiger partial charge in [0.25, 0.3) is 0 Å². The highest BCUT2D eigenvalue weighted by Crippen LogP contribution is 2.27. The molecule has 0 radical (unpaired) electrons. The van der Waals surface area contributed by atoms with E-state index in [1.165, 1.54) is 30.4 Å². The minimum atomic E-state index is -0.704. The Morgan fingerprint density at radius 3 is 2.81 bits per heavy atom. The van der Waals surface area contributed by atoms with Crippen LogP contribution in [0.5, 0.6) is 5.75 Å². The molecule has 0 aliphatic carbocycles. The molecule has 2 aliphatic heterocycles. The minimum Gasteiger partial charge on any atom is -0.493 e. The second-order valence-corrected chi connectivity index (χ2v) is 7.78. The number of benzene rings is 1. The summed E-state index contributed by atoms with van der Waals surface area (Å²) in [4.78, 5) is 13.1. The third-order valence-electron chi connectivity index (χ3n) is 5.83. The van der Waals surface area contributed by atoms with Gasteiger partial charge >= 0.3 is 5.97 Å². The summed E-state index contributed by atoms with van der Waals surface area (Å²) < 4.78 is 11.6. The van der Waals surface area contributed by atoms with Crippen LogP contribution in [-0.4, -0.2) is 55.4 Å². The van der Waals surface area contributed by atoms with Crippen molar-refractivity contribution in [1.29, 1.82) is 0 Å². The number of aliphatic carboxylic acids is 1. The van der Waals surface area contributed by atoms with Crippen molar-refractivity contribution in [1.82, 2.24) is 4.90 Å². The number of nitrogens with zero attached hydrogens (tertiary/aromatic N) is 1. The molecule has 0 spiro atoms. The van der Waals surface area contributed by atoms with Gasteiger partial charge in [-0.15, -0.1) is 0 Å². The second-order valence-electron chi connectivity index (χ2n) is 7.78. The van der Waals surface area contributed by atoms with Gasteiger partial charge in [-0.25, -0.2) is 0 Å². The standard InChI is InChI=1S/C22H33NO4/c24-22(25)7-2-12-23-13-8-19-5-1-6-21(20(19)9-14-23)27-15-3-4-18-10-16-26-17-11-18/h1,5-6,18H,2-4,7-17H2,(H,24,25). The fourth-order valence-corrected chi connectivity index (χ4v) is 4.19. The molecular formula is C22H33NO4. The van der Waals surface area contributed by atoms with Crippen LogP contribution in [0.3, 0.4) is 0 Å². The van der Waals surface area contributed by atoms with Gasteiger partial charge in [0.15, 0.2) is 0 Å². The van der Waals surface area contributed by atoms with Gasteiger partial charge in [0.1, 0.15) is 5.75 Å². The molecule has 2 aliphatic rings. The van der Waals surface area contributed by atoms with Crippen molar-refractivity contribution in [3.05, 3.63) is 29.3 Å². The van der Waals surface area contributed by atoms with E-state index < -0.39 is 5.97 Å². The number of hydrogen-bond acceptors (Lipinski definition) is 4. The Labute approximate surface area is 162 Å². The summed E-state index contributed by atoms with van der Waals surface area (Å²) in [5.74, 6) is 1.14. The fraction of sp³-hybridized carbons (Fsp3) is 0.682. The van der Waals surface area contributed by atoms with Crippen molar-refractivity contribution in [2.75, 3.05) is 39.5 Å². The summed E-state index contributed by atoms with van der Waals surface area (Å²) in [6, 6.07) is 6.42. The van der Waals surface area contributed by atoms with Crippen molar-refractivity contribution >= 4 is 5.97 Å². The summed E-state index contributed by atoms with van der Waals surface area (Å²) in [7, 11) is 0. The number of carboxylic acid groups (broad SMARTS) is 1. The van der Waals surface area contributed by atoms with Gasteiger partial charge in [-0.1, -0.05) is 12.1 Å². The van der Waals surface area contributed by atoms with E-state index in [0.29, 0.717) is 0 Å². The number of carbonyl (C=O) groups is 1. The molecule has 0 atom stereocenters. The van der Waals surface area contributed by atoms with Crippen molar-refractivity contribution < 1.29 is 19.4 Å². The van der Waals surface area contributed by atoms with Crippen molar-refractivity contribution in [2.45, 2.75) is 51.4 Å². The highest BCUT2D eigenvalue weighted by molar-refractivity contribution is 5.66. The Hall–Kier alpha value is -1.59. The summed E-state index contributed by atoms with van der Waals surface area (Å²) in [6.07, 6.45) is 7.70. The van der Waals surface area contributed by atoms with Crippen LogP contribution in [0, 0.1) is 5.92 Å². The predicted octanol–water partition coefficient (Wildman–Crippen LogP) is 3.54. The molecule has 1 N–H and O–H groups in total. The Kier molecular flexibility index (Phi) is 7.96. The fourth-order valence-electron chi connectivity index (χ4n) is 4.19. The van der Waals surface area contributed by atoms with Crippen LogP contribution in [0.15, 0.2) is 18.2 Å². The SMILES string of the molecule is O=C(O)CCCN1CCc2cccc(OCCCC3CCOCC3)c2CC1. The van der Waals surface area contributed by atoms with Gasteiger partial charge in [-0.3, -0.25) is 4.79 Å². The van der Waals surface area contributed by atoms with E-state index in [2.05, 4.69) is 23.1 Å². The molecule has 1 saturated heterocycles. The molecule has 0 amide bonds. The topological polar surface area (TPSA) is 59.0 Å². The molecule has 0 unspecified atom stereocenters. The maximum Gasteiger partial charge on any atom is 0.303 e. The largest absolute Gasteiger partial charge is 0.493 e. The highest BCUT2D eigenvalue weighted by Gasteiger charge is 2.18. The van der Waals surface area contributed by atoms with E-state index in [9.17, 15) is 4.79 Å². The molecule has 150 valence electrons. The molecule has 0 bridgehead atoms. The lowest BCUT2D eigenvalue weighted by Gasteiger charge is -2.22. The molecule has 3 rings (SSSR count). The molecule has 0 saturated carbocycles. The lowest BCUT2D eigenvalue weighted by Crippen LogP contribution is -2.27. The van der Waals surface area contributed by atoms with Crippen LogP contribution in [0.4, 0.5) is 0 Å². The summed E-state index contributed by atoms with van der Waals surface area (Å²) >= 11 is 0. The van der Waals surface area contributed by atoms with E-state index in [0.717, 1.165) is 76.8 Å². The van der Waals surface area contributed by atoms with Crippen LogP contribution in [-0.2, 0) is 22.4 Å². The third-order valence-corrected chi connectivity index (χ3v) is 5.83.